The summed E-state index contributed by atoms with van der Waals surface area (Å²) in [6.45, 7) is 9.71. The van der Waals surface area contributed by atoms with Gasteiger partial charge in [-0.15, -0.1) is 11.3 Å². The second-order valence-corrected chi connectivity index (χ2v) is 7.51. The number of piperazine rings is 1. The van der Waals surface area contributed by atoms with E-state index in [1.54, 1.807) is 11.3 Å². The fraction of sp³-hybridized carbons (Fsp3) is 0.474. The van der Waals surface area contributed by atoms with Gasteiger partial charge < -0.3 is 14.6 Å². The molecule has 1 fully saturated rings. The molecule has 1 unspecified atom stereocenters. The van der Waals surface area contributed by atoms with E-state index in [1.165, 1.54) is 0 Å². The minimum absolute atomic E-state index is 0.0867. The summed E-state index contributed by atoms with van der Waals surface area (Å²) < 4.78 is 5.64. The molecule has 1 N–H and O–H groups in total. The van der Waals surface area contributed by atoms with E-state index >= 15 is 0 Å². The van der Waals surface area contributed by atoms with Gasteiger partial charge in [-0.1, -0.05) is 12.1 Å². The number of nitrogens with one attached hydrogen (secondary N) is 1. The first-order valence-electron chi connectivity index (χ1n) is 9.21. The number of H-pyrrole nitrogens is 1. The number of rotatable bonds is 6. The third-order valence-electron chi connectivity index (χ3n) is 4.77. The molecule has 1 atom stereocenters. The van der Waals surface area contributed by atoms with Crippen molar-refractivity contribution in [3.05, 3.63) is 40.3 Å². The van der Waals surface area contributed by atoms with Gasteiger partial charge >= 0.3 is 0 Å². The van der Waals surface area contributed by atoms with Crippen molar-refractivity contribution in [2.75, 3.05) is 37.7 Å². The van der Waals surface area contributed by atoms with E-state index < -0.39 is 0 Å². The van der Waals surface area contributed by atoms with E-state index in [0.29, 0.717) is 0 Å². The number of benzene rings is 1. The summed E-state index contributed by atoms with van der Waals surface area (Å²) in [5.74, 6) is 0.979. The highest BCUT2D eigenvalue weighted by atomic mass is 32.1. The Bertz CT molecular complexity index is 819. The van der Waals surface area contributed by atoms with Gasteiger partial charge in [0.25, 0.3) is 0 Å². The number of fused-ring (bicyclic) bond motifs is 1. The molecule has 3 heterocycles. The van der Waals surface area contributed by atoms with Gasteiger partial charge in [-0.3, -0.25) is 4.90 Å². The smallest absolute Gasteiger partial charge is 0.203 e. The SMILES string of the molecule is CCOC(C)c1nc(CN2CCN(c3nc4ccccc4[nH]3)CC2)cs1. The van der Waals surface area contributed by atoms with Crippen LogP contribution < -0.4 is 4.90 Å². The number of aromatic nitrogens is 3. The van der Waals surface area contributed by atoms with Crippen LogP contribution in [0.4, 0.5) is 5.95 Å². The van der Waals surface area contributed by atoms with Gasteiger partial charge in [-0.2, -0.15) is 0 Å². The van der Waals surface area contributed by atoms with Crippen molar-refractivity contribution < 1.29 is 4.74 Å². The summed E-state index contributed by atoms with van der Waals surface area (Å²) >= 11 is 1.70. The number of hydrogen-bond acceptors (Lipinski definition) is 6. The zero-order chi connectivity index (χ0) is 17.9. The predicted octanol–water partition coefficient (Wildman–Crippen LogP) is 3.44. The topological polar surface area (TPSA) is 57.3 Å². The largest absolute Gasteiger partial charge is 0.372 e. The Morgan fingerprint density at radius 2 is 2.00 bits per heavy atom. The fourth-order valence-electron chi connectivity index (χ4n) is 3.34. The normalized spacial score (nSPS) is 17.1. The third kappa shape index (κ3) is 3.75. The molecule has 4 rings (SSSR count). The molecule has 0 bridgehead atoms. The van der Waals surface area contributed by atoms with E-state index in [9.17, 15) is 0 Å². The molecule has 0 saturated carbocycles. The molecule has 7 heteroatoms. The molecule has 1 saturated heterocycles. The number of imidazole rings is 1. The summed E-state index contributed by atoms with van der Waals surface area (Å²) in [5.41, 5.74) is 3.28. The molecule has 0 amide bonds. The number of thiazole rings is 1. The van der Waals surface area contributed by atoms with Crippen LogP contribution in [-0.2, 0) is 11.3 Å². The minimum Gasteiger partial charge on any atom is -0.372 e. The Morgan fingerprint density at radius 3 is 2.77 bits per heavy atom. The van der Waals surface area contributed by atoms with Gasteiger partial charge in [0.15, 0.2) is 0 Å². The Labute approximate surface area is 157 Å². The van der Waals surface area contributed by atoms with Gasteiger partial charge in [0.05, 0.1) is 16.7 Å². The summed E-state index contributed by atoms with van der Waals surface area (Å²) in [7, 11) is 0. The number of aromatic amines is 1. The number of ether oxygens (including phenoxy) is 1. The highest BCUT2D eigenvalue weighted by molar-refractivity contribution is 7.09. The zero-order valence-electron chi connectivity index (χ0n) is 15.3. The number of anilines is 1. The van der Waals surface area contributed by atoms with Crippen LogP contribution >= 0.6 is 11.3 Å². The van der Waals surface area contributed by atoms with E-state index in [2.05, 4.69) is 39.2 Å². The van der Waals surface area contributed by atoms with Gasteiger partial charge in [0, 0.05) is 44.7 Å². The van der Waals surface area contributed by atoms with Crippen molar-refractivity contribution in [2.24, 2.45) is 0 Å². The van der Waals surface area contributed by atoms with Crippen molar-refractivity contribution in [3.8, 4) is 0 Å². The van der Waals surface area contributed by atoms with E-state index in [-0.39, 0.29) is 6.10 Å². The Morgan fingerprint density at radius 1 is 1.19 bits per heavy atom. The zero-order valence-corrected chi connectivity index (χ0v) is 16.1. The maximum atomic E-state index is 5.64. The average molecular weight is 372 g/mol. The second kappa shape index (κ2) is 7.73. The van der Waals surface area contributed by atoms with Crippen LogP contribution in [0.1, 0.15) is 30.7 Å². The summed E-state index contributed by atoms with van der Waals surface area (Å²) in [6, 6.07) is 8.19. The van der Waals surface area contributed by atoms with Crippen molar-refractivity contribution in [3.63, 3.8) is 0 Å². The lowest BCUT2D eigenvalue weighted by atomic mass is 10.3. The lowest BCUT2D eigenvalue weighted by Gasteiger charge is -2.34. The maximum Gasteiger partial charge on any atom is 0.203 e. The van der Waals surface area contributed by atoms with Crippen molar-refractivity contribution in [1.29, 1.82) is 0 Å². The molecule has 0 spiro atoms. The quantitative estimate of drug-likeness (QED) is 0.719. The molecule has 1 aromatic carbocycles. The molecule has 138 valence electrons. The molecule has 2 aromatic heterocycles. The van der Waals surface area contributed by atoms with Crippen LogP contribution in [-0.4, -0.2) is 52.6 Å². The predicted molar refractivity (Wildman–Crippen MR) is 106 cm³/mol. The highest BCUT2D eigenvalue weighted by Crippen LogP contribution is 2.23. The first-order chi connectivity index (χ1) is 12.7. The molecule has 1 aliphatic heterocycles. The lowest BCUT2D eigenvalue weighted by molar-refractivity contribution is 0.0760. The Hall–Kier alpha value is -1.96. The monoisotopic (exact) mass is 371 g/mol. The Balaban J connectivity index is 1.33. The molecule has 3 aromatic rings. The van der Waals surface area contributed by atoms with Crippen LogP contribution in [0.5, 0.6) is 0 Å². The van der Waals surface area contributed by atoms with Crippen LogP contribution in [0.2, 0.25) is 0 Å². The van der Waals surface area contributed by atoms with Gasteiger partial charge in [-0.05, 0) is 26.0 Å². The van der Waals surface area contributed by atoms with Crippen molar-refractivity contribution in [2.45, 2.75) is 26.5 Å². The third-order valence-corrected chi connectivity index (χ3v) is 5.82. The second-order valence-electron chi connectivity index (χ2n) is 6.62. The van der Waals surface area contributed by atoms with E-state index in [0.717, 1.165) is 67.0 Å². The van der Waals surface area contributed by atoms with Gasteiger partial charge in [-0.25, -0.2) is 9.97 Å². The molecular formula is C19H25N5OS. The fourth-order valence-corrected chi connectivity index (χ4v) is 4.15. The number of nitrogens with zero attached hydrogens (tertiary/aromatic N) is 4. The summed E-state index contributed by atoms with van der Waals surface area (Å²) in [6.07, 6.45) is 0.0867. The van der Waals surface area contributed by atoms with Gasteiger partial charge in [0.2, 0.25) is 5.95 Å². The van der Waals surface area contributed by atoms with Crippen molar-refractivity contribution in [1.82, 2.24) is 19.9 Å². The highest BCUT2D eigenvalue weighted by Gasteiger charge is 2.20. The lowest BCUT2D eigenvalue weighted by Crippen LogP contribution is -2.46. The standard InChI is InChI=1S/C19H25N5OS/c1-3-25-14(2)18-20-15(13-26-18)12-23-8-10-24(11-9-23)19-21-16-6-4-5-7-17(16)22-19/h4-7,13-14H,3,8-12H2,1-2H3,(H,21,22). The molecule has 0 radical (unpaired) electrons. The summed E-state index contributed by atoms with van der Waals surface area (Å²) in [5, 5.41) is 3.24. The molecule has 26 heavy (non-hydrogen) atoms. The van der Waals surface area contributed by atoms with Crippen LogP contribution in [0, 0.1) is 0 Å². The van der Waals surface area contributed by atoms with Crippen LogP contribution in [0.15, 0.2) is 29.6 Å². The number of para-hydroxylation sites is 2. The van der Waals surface area contributed by atoms with E-state index in [1.807, 2.05) is 19.1 Å². The van der Waals surface area contributed by atoms with Gasteiger partial charge in [0.1, 0.15) is 11.1 Å². The molecular weight excluding hydrogens is 346 g/mol. The molecule has 6 nitrogen and oxygen atoms in total. The molecule has 0 aliphatic carbocycles. The van der Waals surface area contributed by atoms with Crippen LogP contribution in [0.25, 0.3) is 11.0 Å². The van der Waals surface area contributed by atoms with Crippen LogP contribution in [0.3, 0.4) is 0 Å². The molecule has 1 aliphatic rings. The van der Waals surface area contributed by atoms with Crippen molar-refractivity contribution >= 4 is 28.3 Å². The average Bonchev–Trinajstić information content (AvgIpc) is 3.29. The summed E-state index contributed by atoms with van der Waals surface area (Å²) in [4.78, 5) is 17.7. The number of hydrogen-bond donors (Lipinski definition) is 1. The maximum absolute atomic E-state index is 5.64. The van der Waals surface area contributed by atoms with E-state index in [4.69, 9.17) is 14.7 Å². The Kier molecular flexibility index (Phi) is 5.19. The minimum atomic E-state index is 0.0867. The first kappa shape index (κ1) is 17.5. The first-order valence-corrected chi connectivity index (χ1v) is 10.1.